The molecule has 41 heavy (non-hydrogen) atoms. The van der Waals surface area contributed by atoms with E-state index in [4.69, 9.17) is 0 Å². The number of benzene rings is 1. The first kappa shape index (κ1) is 32.3. The highest BCUT2D eigenvalue weighted by Gasteiger charge is 2.37. The Morgan fingerprint density at radius 2 is 1.15 bits per heavy atom. The second-order valence-electron chi connectivity index (χ2n) is 13.2. The number of rotatable bonds is 12. The Morgan fingerprint density at radius 3 is 1.61 bits per heavy atom. The van der Waals surface area contributed by atoms with Crippen LogP contribution in [0.5, 0.6) is 11.5 Å². The van der Waals surface area contributed by atoms with Crippen molar-refractivity contribution in [2.75, 3.05) is 0 Å². The molecule has 3 aliphatic carbocycles. The molecular weight excluding hydrogens is 542 g/mol. The van der Waals surface area contributed by atoms with Gasteiger partial charge in [0.25, 0.3) is 0 Å². The van der Waals surface area contributed by atoms with Gasteiger partial charge in [-0.15, -0.1) is 13.2 Å². The summed E-state index contributed by atoms with van der Waals surface area (Å²) in [6, 6.07) is 2.00. The number of halogens is 6. The third kappa shape index (κ3) is 10.3. The molecule has 3 aliphatic rings. The van der Waals surface area contributed by atoms with Crippen LogP contribution in [0.2, 0.25) is 0 Å². The standard InChI is InChI=1S/C33H48F6O2/c1-2-3-4-5-23-6-10-25(11-7-23)27-14-16-28(17-15-27)26-12-8-24(9-13-26)20-21-32(35,36)40-29-18-19-31(30(34)22-29)41-33(37,38)39/h18-19,22-28H,2-17,20-21H2,1H3. The van der Waals surface area contributed by atoms with Gasteiger partial charge in [0.15, 0.2) is 11.6 Å². The lowest BCUT2D eigenvalue weighted by atomic mass is 9.64. The Morgan fingerprint density at radius 1 is 0.659 bits per heavy atom. The lowest BCUT2D eigenvalue weighted by Gasteiger charge is -2.41. The van der Waals surface area contributed by atoms with Crippen LogP contribution in [0.4, 0.5) is 26.3 Å². The fourth-order valence-corrected chi connectivity index (χ4v) is 8.02. The van der Waals surface area contributed by atoms with Gasteiger partial charge in [-0.05, 0) is 105 Å². The number of hydrogen-bond acceptors (Lipinski definition) is 2. The minimum Gasteiger partial charge on any atom is -0.432 e. The number of ether oxygens (including phenoxy) is 2. The predicted molar refractivity (Wildman–Crippen MR) is 148 cm³/mol. The molecule has 0 atom stereocenters. The summed E-state index contributed by atoms with van der Waals surface area (Å²) < 4.78 is 87.8. The molecule has 0 amide bonds. The molecule has 1 aromatic carbocycles. The van der Waals surface area contributed by atoms with E-state index in [0.29, 0.717) is 24.5 Å². The molecule has 1 aromatic rings. The monoisotopic (exact) mass is 590 g/mol. The maximum Gasteiger partial charge on any atom is 0.573 e. The van der Waals surface area contributed by atoms with Crippen LogP contribution in [0.1, 0.15) is 122 Å². The van der Waals surface area contributed by atoms with Gasteiger partial charge in [0.05, 0.1) is 6.42 Å². The summed E-state index contributed by atoms with van der Waals surface area (Å²) in [6.07, 6.45) is 11.9. The molecule has 0 unspecified atom stereocenters. The number of alkyl halides is 5. The molecule has 4 rings (SSSR count). The van der Waals surface area contributed by atoms with Crippen LogP contribution in [0.15, 0.2) is 18.2 Å². The first-order valence-corrected chi connectivity index (χ1v) is 16.1. The van der Waals surface area contributed by atoms with E-state index in [9.17, 15) is 26.3 Å². The second kappa shape index (κ2) is 14.7. The van der Waals surface area contributed by atoms with E-state index in [-0.39, 0.29) is 5.92 Å². The van der Waals surface area contributed by atoms with Crippen molar-refractivity contribution in [1.82, 2.24) is 0 Å². The van der Waals surface area contributed by atoms with E-state index in [2.05, 4.69) is 16.4 Å². The third-order valence-corrected chi connectivity index (χ3v) is 10.4. The predicted octanol–water partition coefficient (Wildman–Crippen LogP) is 11.5. The molecule has 2 nitrogen and oxygen atoms in total. The Balaban J connectivity index is 1.12. The average molecular weight is 591 g/mol. The molecule has 0 N–H and O–H groups in total. The molecular formula is C33H48F6O2. The Bertz CT molecular complexity index is 911. The summed E-state index contributed by atoms with van der Waals surface area (Å²) in [5.74, 6) is 1.48. The topological polar surface area (TPSA) is 18.5 Å². The molecule has 0 bridgehead atoms. The highest BCUT2D eigenvalue weighted by atomic mass is 19.4. The normalized spacial score (nSPS) is 29.7. The summed E-state index contributed by atoms with van der Waals surface area (Å²) in [5, 5.41) is 0. The quantitative estimate of drug-likeness (QED) is 0.178. The minimum absolute atomic E-state index is 0.212. The van der Waals surface area contributed by atoms with Crippen molar-refractivity contribution in [2.24, 2.45) is 35.5 Å². The van der Waals surface area contributed by atoms with Gasteiger partial charge in [0.2, 0.25) is 0 Å². The smallest absolute Gasteiger partial charge is 0.432 e. The lowest BCUT2D eigenvalue weighted by Crippen LogP contribution is -2.30. The molecule has 0 heterocycles. The van der Waals surface area contributed by atoms with Gasteiger partial charge in [-0.1, -0.05) is 58.3 Å². The SMILES string of the molecule is CCCCCC1CCC(C2CCC(C3CCC(CCC(F)(F)Oc4ccc(OC(F)(F)F)c(F)c4)CC3)CC2)CC1. The Kier molecular flexibility index (Phi) is 11.6. The third-order valence-electron chi connectivity index (χ3n) is 10.4. The molecule has 3 saturated carbocycles. The summed E-state index contributed by atoms with van der Waals surface area (Å²) in [7, 11) is 0. The van der Waals surface area contributed by atoms with Crippen LogP contribution < -0.4 is 9.47 Å². The zero-order valence-corrected chi connectivity index (χ0v) is 24.5. The van der Waals surface area contributed by atoms with Crippen LogP contribution in [0.3, 0.4) is 0 Å². The highest BCUT2D eigenvalue weighted by Crippen LogP contribution is 2.47. The average Bonchev–Trinajstić information content (AvgIpc) is 2.94. The van der Waals surface area contributed by atoms with E-state index in [1.54, 1.807) is 0 Å². The first-order chi connectivity index (χ1) is 19.5. The van der Waals surface area contributed by atoms with Gasteiger partial charge in [-0.3, -0.25) is 0 Å². The summed E-state index contributed by atoms with van der Waals surface area (Å²) in [5.41, 5.74) is 0. The number of unbranched alkanes of at least 4 members (excludes halogenated alkanes) is 2. The highest BCUT2D eigenvalue weighted by molar-refractivity contribution is 5.33. The van der Waals surface area contributed by atoms with E-state index in [1.165, 1.54) is 77.0 Å². The van der Waals surface area contributed by atoms with Crippen molar-refractivity contribution in [3.63, 3.8) is 0 Å². The van der Waals surface area contributed by atoms with Crippen molar-refractivity contribution < 1.29 is 35.8 Å². The maximum atomic E-state index is 14.5. The molecule has 3 fully saturated rings. The van der Waals surface area contributed by atoms with Crippen molar-refractivity contribution in [3.8, 4) is 11.5 Å². The molecule has 0 aliphatic heterocycles. The minimum atomic E-state index is -5.07. The van der Waals surface area contributed by atoms with E-state index in [0.717, 1.165) is 55.4 Å². The van der Waals surface area contributed by atoms with Crippen molar-refractivity contribution >= 4 is 0 Å². The van der Waals surface area contributed by atoms with Crippen LogP contribution in [0.25, 0.3) is 0 Å². The lowest BCUT2D eigenvalue weighted by molar-refractivity contribution is -0.275. The van der Waals surface area contributed by atoms with Crippen molar-refractivity contribution in [3.05, 3.63) is 24.0 Å². The van der Waals surface area contributed by atoms with Gasteiger partial charge < -0.3 is 9.47 Å². The summed E-state index contributed by atoms with van der Waals surface area (Å²) >= 11 is 0. The van der Waals surface area contributed by atoms with Crippen LogP contribution in [-0.4, -0.2) is 12.5 Å². The Hall–Kier alpha value is -1.60. The molecule has 234 valence electrons. The van der Waals surface area contributed by atoms with E-state index in [1.807, 2.05) is 0 Å². The van der Waals surface area contributed by atoms with Crippen molar-refractivity contribution in [2.45, 2.75) is 135 Å². The van der Waals surface area contributed by atoms with Crippen LogP contribution in [0, 0.1) is 41.3 Å². The van der Waals surface area contributed by atoms with Gasteiger partial charge in [-0.25, -0.2) is 4.39 Å². The molecule has 0 spiro atoms. The van der Waals surface area contributed by atoms with Gasteiger partial charge in [-0.2, -0.15) is 8.78 Å². The largest absolute Gasteiger partial charge is 0.573 e. The fraction of sp³-hybridized carbons (Fsp3) is 0.818. The maximum absolute atomic E-state index is 14.5. The van der Waals surface area contributed by atoms with Gasteiger partial charge in [0, 0.05) is 6.07 Å². The zero-order chi connectivity index (χ0) is 29.5. The molecule has 0 saturated heterocycles. The van der Waals surface area contributed by atoms with Crippen LogP contribution in [-0.2, 0) is 0 Å². The molecule has 8 heteroatoms. The van der Waals surface area contributed by atoms with Gasteiger partial charge >= 0.3 is 12.5 Å². The van der Waals surface area contributed by atoms with E-state index >= 15 is 0 Å². The van der Waals surface area contributed by atoms with Gasteiger partial charge in [0.1, 0.15) is 5.75 Å². The summed E-state index contributed by atoms with van der Waals surface area (Å²) in [4.78, 5) is 0. The zero-order valence-electron chi connectivity index (χ0n) is 24.5. The second-order valence-corrected chi connectivity index (χ2v) is 13.2. The van der Waals surface area contributed by atoms with Crippen LogP contribution >= 0.6 is 0 Å². The number of hydrogen-bond donors (Lipinski definition) is 0. The van der Waals surface area contributed by atoms with Crippen molar-refractivity contribution in [1.29, 1.82) is 0 Å². The van der Waals surface area contributed by atoms with E-state index < -0.39 is 36.2 Å². The summed E-state index contributed by atoms with van der Waals surface area (Å²) in [6.45, 7) is 2.28. The fourth-order valence-electron chi connectivity index (χ4n) is 8.02. The molecule has 0 aromatic heterocycles. The first-order valence-electron chi connectivity index (χ1n) is 16.1. The Labute approximate surface area is 241 Å². The molecule has 0 radical (unpaired) electrons.